The van der Waals surface area contributed by atoms with Crippen molar-refractivity contribution in [1.29, 1.82) is 0 Å². The summed E-state index contributed by atoms with van der Waals surface area (Å²) in [5, 5.41) is 3.54. The minimum Gasteiger partial charge on any atom is -0.380 e. The predicted octanol–water partition coefficient (Wildman–Crippen LogP) is 1.71. The molecule has 0 aromatic heterocycles. The minimum absolute atomic E-state index is 0.542. The first-order valence-corrected chi connectivity index (χ1v) is 6.38. The lowest BCUT2D eigenvalue weighted by molar-refractivity contribution is 0.0101. The van der Waals surface area contributed by atoms with Crippen LogP contribution >= 0.6 is 0 Å². The number of rotatable bonds is 5. The van der Waals surface area contributed by atoms with Gasteiger partial charge in [0.15, 0.2) is 0 Å². The van der Waals surface area contributed by atoms with Gasteiger partial charge < -0.3 is 14.8 Å². The summed E-state index contributed by atoms with van der Waals surface area (Å²) < 4.78 is 11.0. The summed E-state index contributed by atoms with van der Waals surface area (Å²) in [6, 6.07) is 0.609. The molecule has 0 saturated carbocycles. The number of hydrogen-bond donors (Lipinski definition) is 1. The second kappa shape index (κ2) is 6.46. The van der Waals surface area contributed by atoms with Crippen LogP contribution in [0.4, 0.5) is 0 Å². The monoisotopic (exact) mass is 213 g/mol. The number of nitrogens with one attached hydrogen (secondary N) is 1. The maximum Gasteiger partial charge on any atom is 0.0620 e. The molecule has 2 aliphatic rings. The summed E-state index contributed by atoms with van der Waals surface area (Å²) in [5.74, 6) is 0. The highest BCUT2D eigenvalue weighted by molar-refractivity contribution is 4.71. The van der Waals surface area contributed by atoms with Gasteiger partial charge in [-0.1, -0.05) is 0 Å². The van der Waals surface area contributed by atoms with Gasteiger partial charge in [0.2, 0.25) is 0 Å². The predicted molar refractivity (Wildman–Crippen MR) is 60.1 cm³/mol. The molecule has 0 bridgehead atoms. The van der Waals surface area contributed by atoms with Gasteiger partial charge in [0.25, 0.3) is 0 Å². The summed E-state index contributed by atoms with van der Waals surface area (Å²) in [6.07, 6.45) is 8.07. The Morgan fingerprint density at radius 1 is 1.13 bits per heavy atom. The van der Waals surface area contributed by atoms with E-state index in [4.69, 9.17) is 9.47 Å². The van der Waals surface area contributed by atoms with Gasteiger partial charge in [0, 0.05) is 19.3 Å². The molecule has 2 fully saturated rings. The van der Waals surface area contributed by atoms with Crippen molar-refractivity contribution in [2.24, 2.45) is 0 Å². The summed E-state index contributed by atoms with van der Waals surface area (Å²) in [5.41, 5.74) is 0. The van der Waals surface area contributed by atoms with E-state index in [1.807, 2.05) is 0 Å². The van der Waals surface area contributed by atoms with Crippen molar-refractivity contribution in [1.82, 2.24) is 5.32 Å². The summed E-state index contributed by atoms with van der Waals surface area (Å²) in [7, 11) is 0. The SMILES string of the molecule is C1CCC(CCCNC2CCOC2)OC1. The molecule has 15 heavy (non-hydrogen) atoms. The summed E-state index contributed by atoms with van der Waals surface area (Å²) in [6.45, 7) is 3.94. The zero-order chi connectivity index (χ0) is 10.3. The van der Waals surface area contributed by atoms with E-state index in [2.05, 4.69) is 5.32 Å². The Morgan fingerprint density at radius 3 is 2.87 bits per heavy atom. The van der Waals surface area contributed by atoms with Crippen LogP contribution in [0.5, 0.6) is 0 Å². The van der Waals surface area contributed by atoms with E-state index < -0.39 is 0 Å². The van der Waals surface area contributed by atoms with Crippen LogP contribution in [-0.2, 0) is 9.47 Å². The number of hydrogen-bond acceptors (Lipinski definition) is 3. The van der Waals surface area contributed by atoms with Crippen LogP contribution in [0.25, 0.3) is 0 Å². The van der Waals surface area contributed by atoms with Crippen molar-refractivity contribution in [2.75, 3.05) is 26.4 Å². The zero-order valence-corrected chi connectivity index (χ0v) is 9.54. The molecule has 3 heteroatoms. The molecule has 0 radical (unpaired) electrons. The van der Waals surface area contributed by atoms with Crippen LogP contribution in [0, 0.1) is 0 Å². The normalized spacial score (nSPS) is 32.0. The Kier molecular flexibility index (Phi) is 4.90. The van der Waals surface area contributed by atoms with Crippen LogP contribution in [0.1, 0.15) is 38.5 Å². The van der Waals surface area contributed by atoms with Gasteiger partial charge in [-0.25, -0.2) is 0 Å². The maximum absolute atomic E-state index is 5.70. The van der Waals surface area contributed by atoms with E-state index in [1.54, 1.807) is 0 Å². The lowest BCUT2D eigenvalue weighted by Gasteiger charge is -2.22. The van der Waals surface area contributed by atoms with Gasteiger partial charge in [0.1, 0.15) is 0 Å². The molecule has 2 saturated heterocycles. The molecule has 2 aliphatic heterocycles. The summed E-state index contributed by atoms with van der Waals surface area (Å²) >= 11 is 0. The van der Waals surface area contributed by atoms with E-state index in [0.29, 0.717) is 12.1 Å². The van der Waals surface area contributed by atoms with Crippen molar-refractivity contribution in [2.45, 2.75) is 50.7 Å². The van der Waals surface area contributed by atoms with Crippen LogP contribution in [0.15, 0.2) is 0 Å². The van der Waals surface area contributed by atoms with Crippen LogP contribution in [0.2, 0.25) is 0 Å². The van der Waals surface area contributed by atoms with Gasteiger partial charge in [-0.15, -0.1) is 0 Å². The molecule has 1 N–H and O–H groups in total. The fourth-order valence-corrected chi connectivity index (χ4v) is 2.37. The smallest absolute Gasteiger partial charge is 0.0620 e. The van der Waals surface area contributed by atoms with Crippen molar-refractivity contribution < 1.29 is 9.47 Å². The fraction of sp³-hybridized carbons (Fsp3) is 1.00. The third-order valence-corrected chi connectivity index (χ3v) is 3.34. The standard InChI is InChI=1S/C12H23NO2/c1-2-8-15-12(4-1)5-3-7-13-11-6-9-14-10-11/h11-13H,1-10H2. The molecule has 2 heterocycles. The molecular weight excluding hydrogens is 190 g/mol. The minimum atomic E-state index is 0.542. The molecule has 88 valence electrons. The van der Waals surface area contributed by atoms with Crippen LogP contribution in [0.3, 0.4) is 0 Å². The molecule has 2 unspecified atom stereocenters. The van der Waals surface area contributed by atoms with E-state index in [0.717, 1.165) is 26.4 Å². The topological polar surface area (TPSA) is 30.5 Å². The Morgan fingerprint density at radius 2 is 2.13 bits per heavy atom. The zero-order valence-electron chi connectivity index (χ0n) is 9.54. The highest BCUT2D eigenvalue weighted by atomic mass is 16.5. The van der Waals surface area contributed by atoms with Gasteiger partial charge in [-0.3, -0.25) is 0 Å². The Balaban J connectivity index is 1.47. The van der Waals surface area contributed by atoms with Crippen molar-refractivity contribution in [3.63, 3.8) is 0 Å². The second-order valence-corrected chi connectivity index (χ2v) is 4.65. The van der Waals surface area contributed by atoms with E-state index >= 15 is 0 Å². The third-order valence-electron chi connectivity index (χ3n) is 3.34. The first kappa shape index (κ1) is 11.4. The summed E-state index contributed by atoms with van der Waals surface area (Å²) in [4.78, 5) is 0. The largest absolute Gasteiger partial charge is 0.380 e. The lowest BCUT2D eigenvalue weighted by Crippen LogP contribution is -2.30. The molecule has 2 rings (SSSR count). The van der Waals surface area contributed by atoms with E-state index in [1.165, 1.54) is 38.5 Å². The molecule has 3 nitrogen and oxygen atoms in total. The van der Waals surface area contributed by atoms with Crippen LogP contribution < -0.4 is 5.32 Å². The molecule has 0 amide bonds. The first-order valence-electron chi connectivity index (χ1n) is 6.38. The third kappa shape index (κ3) is 4.09. The molecule has 0 aliphatic carbocycles. The quantitative estimate of drug-likeness (QED) is 0.705. The molecule has 2 atom stereocenters. The van der Waals surface area contributed by atoms with Crippen molar-refractivity contribution in [3.8, 4) is 0 Å². The van der Waals surface area contributed by atoms with Gasteiger partial charge in [-0.05, 0) is 45.1 Å². The molecule has 0 aromatic rings. The van der Waals surface area contributed by atoms with Crippen molar-refractivity contribution >= 4 is 0 Å². The van der Waals surface area contributed by atoms with Gasteiger partial charge in [-0.2, -0.15) is 0 Å². The molecular formula is C12H23NO2. The highest BCUT2D eigenvalue weighted by Gasteiger charge is 2.15. The Bertz CT molecular complexity index is 163. The van der Waals surface area contributed by atoms with E-state index in [9.17, 15) is 0 Å². The molecule has 0 spiro atoms. The Hall–Kier alpha value is -0.120. The van der Waals surface area contributed by atoms with Gasteiger partial charge >= 0.3 is 0 Å². The van der Waals surface area contributed by atoms with Crippen molar-refractivity contribution in [3.05, 3.63) is 0 Å². The first-order chi connectivity index (χ1) is 7.45. The average molecular weight is 213 g/mol. The highest BCUT2D eigenvalue weighted by Crippen LogP contribution is 2.16. The number of ether oxygens (including phenoxy) is 2. The lowest BCUT2D eigenvalue weighted by atomic mass is 10.0. The second-order valence-electron chi connectivity index (χ2n) is 4.65. The van der Waals surface area contributed by atoms with Crippen LogP contribution in [-0.4, -0.2) is 38.5 Å². The average Bonchev–Trinajstić information content (AvgIpc) is 2.79. The van der Waals surface area contributed by atoms with Gasteiger partial charge in [0.05, 0.1) is 12.7 Å². The Labute approximate surface area is 92.5 Å². The maximum atomic E-state index is 5.70. The molecule has 0 aromatic carbocycles. The van der Waals surface area contributed by atoms with E-state index in [-0.39, 0.29) is 0 Å². The fourth-order valence-electron chi connectivity index (χ4n) is 2.37.